The van der Waals surface area contributed by atoms with E-state index in [1.807, 2.05) is 16.8 Å². The van der Waals surface area contributed by atoms with Gasteiger partial charge in [-0.3, -0.25) is 0 Å². The lowest BCUT2D eigenvalue weighted by Gasteiger charge is -2.10. The quantitative estimate of drug-likeness (QED) is 0.876. The van der Waals surface area contributed by atoms with Crippen LogP contribution in [-0.2, 0) is 6.54 Å². The van der Waals surface area contributed by atoms with E-state index in [0.29, 0.717) is 12.6 Å². The molecule has 0 fully saturated rings. The van der Waals surface area contributed by atoms with E-state index in [2.05, 4.69) is 31.4 Å². The van der Waals surface area contributed by atoms with Gasteiger partial charge in [0.15, 0.2) is 0 Å². The monoisotopic (exact) mass is 280 g/mol. The van der Waals surface area contributed by atoms with E-state index in [9.17, 15) is 4.39 Å². The Balaban J connectivity index is 2.14. The van der Waals surface area contributed by atoms with Crippen LogP contribution >= 0.6 is 11.6 Å². The number of nitrogens with one attached hydrogen (secondary N) is 1. The molecule has 0 saturated carbocycles. The molecule has 0 bridgehead atoms. The summed E-state index contributed by atoms with van der Waals surface area (Å²) < 4.78 is 15.4. The van der Waals surface area contributed by atoms with Crippen LogP contribution in [0.5, 0.6) is 0 Å². The van der Waals surface area contributed by atoms with Crippen molar-refractivity contribution in [2.75, 3.05) is 6.54 Å². The number of rotatable bonds is 5. The predicted octanol–water partition coefficient (Wildman–Crippen LogP) is 4.00. The molecule has 0 aliphatic carbocycles. The second-order valence-corrected chi connectivity index (χ2v) is 4.99. The third-order valence-electron chi connectivity index (χ3n) is 3.17. The average Bonchev–Trinajstić information content (AvgIpc) is 2.84. The van der Waals surface area contributed by atoms with Gasteiger partial charge in [0.25, 0.3) is 0 Å². The molecule has 0 aliphatic heterocycles. The summed E-state index contributed by atoms with van der Waals surface area (Å²) in [6.45, 7) is 5.72. The Morgan fingerprint density at radius 2 is 2.16 bits per heavy atom. The van der Waals surface area contributed by atoms with Gasteiger partial charge in [-0.1, -0.05) is 30.7 Å². The third-order valence-corrected chi connectivity index (χ3v) is 3.59. The standard InChI is InChI=1S/C15H18ClFN2/c1-3-18-11(2)12-7-8-19(9-12)10-13-5-4-6-14(17)15(13)16/h4-9,11,18H,3,10H2,1-2H3. The summed E-state index contributed by atoms with van der Waals surface area (Å²) >= 11 is 5.96. The van der Waals surface area contributed by atoms with Crippen LogP contribution in [0.15, 0.2) is 36.7 Å². The van der Waals surface area contributed by atoms with Crippen molar-refractivity contribution in [2.24, 2.45) is 0 Å². The molecule has 0 spiro atoms. The molecule has 1 aromatic heterocycles. The minimum absolute atomic E-state index is 0.206. The Bertz CT molecular complexity index is 551. The zero-order chi connectivity index (χ0) is 13.8. The van der Waals surface area contributed by atoms with Gasteiger partial charge in [0.2, 0.25) is 0 Å². The van der Waals surface area contributed by atoms with Crippen molar-refractivity contribution in [3.63, 3.8) is 0 Å². The molecule has 1 unspecified atom stereocenters. The maximum Gasteiger partial charge on any atom is 0.142 e. The molecule has 1 atom stereocenters. The summed E-state index contributed by atoms with van der Waals surface area (Å²) in [7, 11) is 0. The summed E-state index contributed by atoms with van der Waals surface area (Å²) in [6.07, 6.45) is 4.05. The second kappa shape index (κ2) is 6.22. The highest BCUT2D eigenvalue weighted by atomic mass is 35.5. The average molecular weight is 281 g/mol. The maximum atomic E-state index is 13.4. The highest BCUT2D eigenvalue weighted by molar-refractivity contribution is 6.31. The number of benzene rings is 1. The minimum Gasteiger partial charge on any atom is -0.350 e. The van der Waals surface area contributed by atoms with Gasteiger partial charge >= 0.3 is 0 Å². The Morgan fingerprint density at radius 3 is 2.89 bits per heavy atom. The molecular weight excluding hydrogens is 263 g/mol. The zero-order valence-electron chi connectivity index (χ0n) is 11.2. The van der Waals surface area contributed by atoms with Crippen molar-refractivity contribution < 1.29 is 4.39 Å². The van der Waals surface area contributed by atoms with Crippen molar-refractivity contribution in [1.82, 2.24) is 9.88 Å². The first-order valence-corrected chi connectivity index (χ1v) is 6.81. The van der Waals surface area contributed by atoms with Gasteiger partial charge in [-0.05, 0) is 36.7 Å². The van der Waals surface area contributed by atoms with Crippen LogP contribution in [0.4, 0.5) is 4.39 Å². The van der Waals surface area contributed by atoms with Crippen LogP contribution in [0.25, 0.3) is 0 Å². The highest BCUT2D eigenvalue weighted by Crippen LogP contribution is 2.21. The molecule has 102 valence electrons. The fraction of sp³-hybridized carbons (Fsp3) is 0.333. The van der Waals surface area contributed by atoms with Crippen molar-refractivity contribution in [3.8, 4) is 0 Å². The lowest BCUT2D eigenvalue weighted by atomic mass is 10.2. The van der Waals surface area contributed by atoms with E-state index in [1.165, 1.54) is 11.6 Å². The topological polar surface area (TPSA) is 17.0 Å². The van der Waals surface area contributed by atoms with Crippen LogP contribution in [0.3, 0.4) is 0 Å². The zero-order valence-corrected chi connectivity index (χ0v) is 11.9. The molecule has 1 N–H and O–H groups in total. The molecular formula is C15H18ClFN2. The Hall–Kier alpha value is -1.32. The van der Waals surface area contributed by atoms with Crippen LogP contribution in [0.2, 0.25) is 5.02 Å². The molecule has 2 nitrogen and oxygen atoms in total. The van der Waals surface area contributed by atoms with E-state index in [0.717, 1.165) is 12.1 Å². The first-order valence-electron chi connectivity index (χ1n) is 6.43. The van der Waals surface area contributed by atoms with Gasteiger partial charge in [0.1, 0.15) is 5.82 Å². The summed E-state index contributed by atoms with van der Waals surface area (Å²) in [6, 6.07) is 7.29. The molecule has 0 saturated heterocycles. The van der Waals surface area contributed by atoms with Crippen LogP contribution in [0, 0.1) is 5.82 Å². The minimum atomic E-state index is -0.368. The molecule has 0 aliphatic rings. The van der Waals surface area contributed by atoms with Gasteiger partial charge in [0.05, 0.1) is 5.02 Å². The van der Waals surface area contributed by atoms with Crippen molar-refractivity contribution in [2.45, 2.75) is 26.4 Å². The van der Waals surface area contributed by atoms with E-state index in [1.54, 1.807) is 6.07 Å². The molecule has 1 heterocycles. The second-order valence-electron chi connectivity index (χ2n) is 4.61. The van der Waals surface area contributed by atoms with Gasteiger partial charge in [-0.2, -0.15) is 0 Å². The van der Waals surface area contributed by atoms with Crippen LogP contribution in [0.1, 0.15) is 31.0 Å². The molecule has 0 radical (unpaired) electrons. The summed E-state index contributed by atoms with van der Waals surface area (Å²) in [5, 5.41) is 3.57. The van der Waals surface area contributed by atoms with Crippen molar-refractivity contribution in [3.05, 3.63) is 58.6 Å². The number of halogens is 2. The van der Waals surface area contributed by atoms with Crippen LogP contribution in [-0.4, -0.2) is 11.1 Å². The Morgan fingerprint density at radius 1 is 1.37 bits per heavy atom. The van der Waals surface area contributed by atoms with Gasteiger partial charge in [-0.15, -0.1) is 0 Å². The fourth-order valence-electron chi connectivity index (χ4n) is 2.11. The molecule has 2 rings (SSSR count). The molecule has 2 aromatic rings. The summed E-state index contributed by atoms with van der Waals surface area (Å²) in [5.74, 6) is -0.368. The summed E-state index contributed by atoms with van der Waals surface area (Å²) in [4.78, 5) is 0. The molecule has 19 heavy (non-hydrogen) atoms. The third kappa shape index (κ3) is 3.37. The SMILES string of the molecule is CCNC(C)c1ccn(Cc2cccc(F)c2Cl)c1. The van der Waals surface area contributed by atoms with Crippen molar-refractivity contribution >= 4 is 11.6 Å². The number of aromatic nitrogens is 1. The summed E-state index contributed by atoms with van der Waals surface area (Å²) in [5.41, 5.74) is 2.01. The normalized spacial score (nSPS) is 12.6. The first kappa shape index (κ1) is 14.1. The van der Waals surface area contributed by atoms with E-state index in [-0.39, 0.29) is 10.8 Å². The number of nitrogens with zero attached hydrogens (tertiary/aromatic N) is 1. The number of hydrogen-bond donors (Lipinski definition) is 1. The van der Waals surface area contributed by atoms with Crippen LogP contribution < -0.4 is 5.32 Å². The fourth-order valence-corrected chi connectivity index (χ4v) is 2.29. The van der Waals surface area contributed by atoms with Gasteiger partial charge in [-0.25, -0.2) is 4.39 Å². The molecule has 4 heteroatoms. The predicted molar refractivity (Wildman–Crippen MR) is 77.0 cm³/mol. The smallest absolute Gasteiger partial charge is 0.142 e. The molecule has 0 amide bonds. The van der Waals surface area contributed by atoms with E-state index >= 15 is 0 Å². The lowest BCUT2D eigenvalue weighted by Crippen LogP contribution is -2.17. The Kier molecular flexibility index (Phi) is 4.61. The number of hydrogen-bond acceptors (Lipinski definition) is 1. The molecule has 1 aromatic carbocycles. The lowest BCUT2D eigenvalue weighted by molar-refractivity contribution is 0.596. The van der Waals surface area contributed by atoms with Crippen molar-refractivity contribution in [1.29, 1.82) is 0 Å². The van der Waals surface area contributed by atoms with E-state index in [4.69, 9.17) is 11.6 Å². The van der Waals surface area contributed by atoms with Gasteiger partial charge < -0.3 is 9.88 Å². The largest absolute Gasteiger partial charge is 0.350 e. The first-order chi connectivity index (χ1) is 9.11. The van der Waals surface area contributed by atoms with E-state index < -0.39 is 0 Å². The van der Waals surface area contributed by atoms with Gasteiger partial charge in [0, 0.05) is 25.0 Å². The maximum absolute atomic E-state index is 13.4. The highest BCUT2D eigenvalue weighted by Gasteiger charge is 2.08. The Labute approximate surface area is 118 Å².